The van der Waals surface area contributed by atoms with Gasteiger partial charge in [0.15, 0.2) is 0 Å². The molecule has 1 aliphatic rings. The van der Waals surface area contributed by atoms with Crippen molar-refractivity contribution in [1.29, 1.82) is 0 Å². The van der Waals surface area contributed by atoms with E-state index in [4.69, 9.17) is 10.2 Å². The van der Waals surface area contributed by atoms with E-state index in [1.54, 1.807) is 36.1 Å². The molecule has 0 spiro atoms. The molecule has 0 aliphatic carbocycles. The van der Waals surface area contributed by atoms with Gasteiger partial charge in [0.2, 0.25) is 5.91 Å². The molecule has 7 nitrogen and oxygen atoms in total. The van der Waals surface area contributed by atoms with Crippen molar-refractivity contribution in [2.45, 2.75) is 64.0 Å². The number of nitrogens with zero attached hydrogens (tertiary/aromatic N) is 1. The summed E-state index contributed by atoms with van der Waals surface area (Å²) < 4.78 is 0. The van der Waals surface area contributed by atoms with Crippen molar-refractivity contribution in [3.8, 4) is 0 Å². The van der Waals surface area contributed by atoms with Crippen LogP contribution in [0.25, 0.3) is 0 Å². The first-order valence-electron chi connectivity index (χ1n) is 10.6. The zero-order valence-corrected chi connectivity index (χ0v) is 17.9. The number of rotatable bonds is 11. The Morgan fingerprint density at radius 1 is 1.26 bits per heavy atom. The van der Waals surface area contributed by atoms with Gasteiger partial charge in [-0.3, -0.25) is 9.59 Å². The Morgan fingerprint density at radius 3 is 2.71 bits per heavy atom. The molecular formula is C24H31NO6. The third kappa shape index (κ3) is 8.02. The van der Waals surface area contributed by atoms with Crippen molar-refractivity contribution in [2.24, 2.45) is 0 Å². The molecule has 1 unspecified atom stereocenters. The number of likely N-dealkylation sites (tertiary alicyclic amines) is 1. The number of amides is 1. The van der Waals surface area contributed by atoms with E-state index in [1.165, 1.54) is 0 Å². The maximum atomic E-state index is 12.3. The number of carboxylic acids is 2. The van der Waals surface area contributed by atoms with Crippen LogP contribution in [-0.4, -0.2) is 56.8 Å². The summed E-state index contributed by atoms with van der Waals surface area (Å²) in [5.74, 6) is -1.70. The standard InChI is InChI=1S/C24H31NO6/c1-17-15-18(10-13-21(17)24(30)31)16-20(26)12-11-19-7-6-8-22(27)25(19)14-5-3-2-4-9-23(28)29/h3,5,10-13,15,19-20,26H,2,4,6-9,14,16H2,1H3,(H,28,29)(H,30,31)/t19-,20?/m1/s1. The molecule has 0 aromatic heterocycles. The second kappa shape index (κ2) is 12.1. The topological polar surface area (TPSA) is 115 Å². The van der Waals surface area contributed by atoms with Gasteiger partial charge in [-0.15, -0.1) is 0 Å². The maximum absolute atomic E-state index is 12.3. The number of piperidine rings is 1. The molecule has 0 bridgehead atoms. The zero-order valence-electron chi connectivity index (χ0n) is 17.9. The molecule has 0 radical (unpaired) electrons. The van der Waals surface area contributed by atoms with Gasteiger partial charge in [-0.2, -0.15) is 0 Å². The molecular weight excluding hydrogens is 398 g/mol. The zero-order chi connectivity index (χ0) is 22.8. The third-order valence-corrected chi connectivity index (χ3v) is 5.36. The summed E-state index contributed by atoms with van der Waals surface area (Å²) in [4.78, 5) is 35.8. The van der Waals surface area contributed by atoms with E-state index in [0.29, 0.717) is 37.8 Å². The summed E-state index contributed by atoms with van der Waals surface area (Å²) >= 11 is 0. The molecule has 7 heteroatoms. The van der Waals surface area contributed by atoms with E-state index < -0.39 is 18.0 Å². The van der Waals surface area contributed by atoms with Gasteiger partial charge in [0.05, 0.1) is 17.7 Å². The summed E-state index contributed by atoms with van der Waals surface area (Å²) in [5, 5.41) is 28.2. The number of aliphatic carboxylic acids is 1. The van der Waals surface area contributed by atoms with E-state index in [2.05, 4.69) is 0 Å². The summed E-state index contributed by atoms with van der Waals surface area (Å²) in [5.41, 5.74) is 1.75. The molecule has 31 heavy (non-hydrogen) atoms. The lowest BCUT2D eigenvalue weighted by atomic mass is 9.98. The van der Waals surface area contributed by atoms with Gasteiger partial charge in [-0.1, -0.05) is 36.4 Å². The average molecular weight is 430 g/mol. The van der Waals surface area contributed by atoms with Crippen molar-refractivity contribution in [2.75, 3.05) is 6.54 Å². The lowest BCUT2D eigenvalue weighted by molar-refractivity contribution is -0.137. The van der Waals surface area contributed by atoms with E-state index in [-0.39, 0.29) is 23.9 Å². The van der Waals surface area contributed by atoms with Crippen LogP contribution in [0.2, 0.25) is 0 Å². The molecule has 1 aromatic carbocycles. The van der Waals surface area contributed by atoms with Gasteiger partial charge in [-0.05, 0) is 49.8 Å². The molecule has 0 saturated carbocycles. The molecule has 1 saturated heterocycles. The number of aromatic carboxylic acids is 1. The lowest BCUT2D eigenvalue weighted by Crippen LogP contribution is -2.42. The SMILES string of the molecule is Cc1cc(CC(O)C=C[C@H]2CCCC(=O)N2CC=CCCCC(=O)O)ccc1C(=O)O. The van der Waals surface area contributed by atoms with Crippen molar-refractivity contribution in [3.63, 3.8) is 0 Å². The number of carboxylic acid groups (broad SMARTS) is 2. The van der Waals surface area contributed by atoms with Crippen LogP contribution in [-0.2, 0) is 16.0 Å². The van der Waals surface area contributed by atoms with Gasteiger partial charge in [0.25, 0.3) is 0 Å². The number of unbranched alkanes of at least 4 members (excludes halogenated alkanes) is 1. The smallest absolute Gasteiger partial charge is 0.335 e. The fourth-order valence-corrected chi connectivity index (χ4v) is 3.72. The Hall–Kier alpha value is -2.93. The monoisotopic (exact) mass is 429 g/mol. The van der Waals surface area contributed by atoms with Crippen molar-refractivity contribution in [3.05, 3.63) is 59.2 Å². The van der Waals surface area contributed by atoms with E-state index >= 15 is 0 Å². The van der Waals surface area contributed by atoms with Crippen LogP contribution in [0, 0.1) is 6.92 Å². The second-order valence-electron chi connectivity index (χ2n) is 7.87. The molecule has 1 aromatic rings. The largest absolute Gasteiger partial charge is 0.481 e. The van der Waals surface area contributed by atoms with Gasteiger partial charge < -0.3 is 20.2 Å². The fourth-order valence-electron chi connectivity index (χ4n) is 3.72. The van der Waals surface area contributed by atoms with E-state index in [0.717, 1.165) is 18.4 Å². The number of hydrogen-bond acceptors (Lipinski definition) is 4. The first-order valence-corrected chi connectivity index (χ1v) is 10.6. The average Bonchev–Trinajstić information content (AvgIpc) is 2.69. The van der Waals surface area contributed by atoms with Crippen LogP contribution in [0.15, 0.2) is 42.5 Å². The highest BCUT2D eigenvalue weighted by atomic mass is 16.4. The van der Waals surface area contributed by atoms with Crippen LogP contribution in [0.1, 0.15) is 60.0 Å². The predicted molar refractivity (Wildman–Crippen MR) is 117 cm³/mol. The normalized spacial score (nSPS) is 18.1. The fraction of sp³-hybridized carbons (Fsp3) is 0.458. The Morgan fingerprint density at radius 2 is 2.03 bits per heavy atom. The molecule has 2 atom stereocenters. The first kappa shape index (κ1) is 24.3. The van der Waals surface area contributed by atoms with E-state index in [1.807, 2.05) is 18.2 Å². The maximum Gasteiger partial charge on any atom is 0.335 e. The number of hydrogen-bond donors (Lipinski definition) is 3. The van der Waals surface area contributed by atoms with Crippen molar-refractivity contribution >= 4 is 17.8 Å². The molecule has 1 aliphatic heterocycles. The van der Waals surface area contributed by atoms with Gasteiger partial charge in [-0.25, -0.2) is 4.79 Å². The number of carbonyl (C=O) groups excluding carboxylic acids is 1. The molecule has 1 amide bonds. The Bertz CT molecular complexity index is 844. The van der Waals surface area contributed by atoms with Crippen molar-refractivity contribution in [1.82, 2.24) is 4.90 Å². The molecule has 3 N–H and O–H groups in total. The van der Waals surface area contributed by atoms with Crippen molar-refractivity contribution < 1.29 is 29.7 Å². The molecule has 168 valence electrons. The summed E-state index contributed by atoms with van der Waals surface area (Å²) in [6.45, 7) is 2.20. The lowest BCUT2D eigenvalue weighted by Gasteiger charge is -2.33. The van der Waals surface area contributed by atoms with Crippen LogP contribution >= 0.6 is 0 Å². The molecule has 1 fully saturated rings. The number of allylic oxidation sites excluding steroid dienone is 1. The Labute approximate surface area is 182 Å². The number of benzene rings is 1. The minimum Gasteiger partial charge on any atom is -0.481 e. The van der Waals surface area contributed by atoms with Crippen LogP contribution < -0.4 is 0 Å². The van der Waals surface area contributed by atoms with Crippen LogP contribution in [0.3, 0.4) is 0 Å². The highest BCUT2D eigenvalue weighted by molar-refractivity contribution is 5.89. The summed E-state index contributed by atoms with van der Waals surface area (Å²) in [6, 6.07) is 4.94. The van der Waals surface area contributed by atoms with Gasteiger partial charge >= 0.3 is 11.9 Å². The molecule has 1 heterocycles. The van der Waals surface area contributed by atoms with Crippen LogP contribution in [0.5, 0.6) is 0 Å². The summed E-state index contributed by atoms with van der Waals surface area (Å²) in [6.07, 6.45) is 10.5. The number of aryl methyl sites for hydroxylation is 1. The number of carbonyl (C=O) groups is 3. The van der Waals surface area contributed by atoms with Gasteiger partial charge in [0.1, 0.15) is 0 Å². The minimum atomic E-state index is -0.970. The second-order valence-corrected chi connectivity index (χ2v) is 7.87. The highest BCUT2D eigenvalue weighted by Crippen LogP contribution is 2.20. The van der Waals surface area contributed by atoms with Crippen LogP contribution in [0.4, 0.5) is 0 Å². The predicted octanol–water partition coefficient (Wildman–Crippen LogP) is 3.35. The van der Waals surface area contributed by atoms with Gasteiger partial charge in [0, 0.05) is 25.8 Å². The first-order chi connectivity index (χ1) is 14.8. The highest BCUT2D eigenvalue weighted by Gasteiger charge is 2.25. The molecule has 2 rings (SSSR count). The number of aliphatic hydroxyl groups is 1. The Balaban J connectivity index is 1.92. The quantitative estimate of drug-likeness (QED) is 0.367. The summed E-state index contributed by atoms with van der Waals surface area (Å²) in [7, 11) is 0. The third-order valence-electron chi connectivity index (χ3n) is 5.36. The minimum absolute atomic E-state index is 0.0745. The number of aliphatic hydroxyl groups excluding tert-OH is 1. The Kier molecular flexibility index (Phi) is 9.46. The van der Waals surface area contributed by atoms with E-state index in [9.17, 15) is 19.5 Å².